The molecule has 1 atom stereocenters. The van der Waals surface area contributed by atoms with Crippen molar-refractivity contribution in [2.24, 2.45) is 0 Å². The van der Waals surface area contributed by atoms with Gasteiger partial charge in [0.2, 0.25) is 0 Å². The highest BCUT2D eigenvalue weighted by Gasteiger charge is 2.34. The molecular weight excluding hydrogens is 358 g/mol. The van der Waals surface area contributed by atoms with Crippen molar-refractivity contribution in [2.45, 2.75) is 25.9 Å². The smallest absolute Gasteiger partial charge is 0.336 e. The molecule has 1 aliphatic rings. The molecule has 2 aromatic heterocycles. The molecule has 0 spiro atoms. The molecule has 6 heteroatoms. The maximum Gasteiger partial charge on any atom is 0.336 e. The summed E-state index contributed by atoms with van der Waals surface area (Å²) in [6.45, 7) is 6.09. The van der Waals surface area contributed by atoms with E-state index in [2.05, 4.69) is 51.1 Å². The number of carboxylic acid groups (broad SMARTS) is 1. The first-order valence-electron chi connectivity index (χ1n) is 7.74. The number of carboxylic acids is 1. The summed E-state index contributed by atoms with van der Waals surface area (Å²) in [4.78, 5) is 16.2. The van der Waals surface area contributed by atoms with Crippen LogP contribution >= 0.6 is 15.9 Å². The fourth-order valence-corrected chi connectivity index (χ4v) is 3.82. The van der Waals surface area contributed by atoms with Gasteiger partial charge in [-0.3, -0.25) is 4.90 Å². The van der Waals surface area contributed by atoms with Crippen LogP contribution in [0.25, 0.3) is 5.52 Å². The standard InChI is InChI=1S/C17H22BrN3O2/c1-10-15(17(22)23)6-13-5-12(18)7-21(13)16(10)11(2)20-8-14(9-20)19(3)4/h5-7,11,14H,8-9H2,1-4H3,(H,22,23). The van der Waals surface area contributed by atoms with Gasteiger partial charge in [0, 0.05) is 47.1 Å². The molecule has 0 aromatic carbocycles. The average molecular weight is 380 g/mol. The normalized spacial score (nSPS) is 17.7. The van der Waals surface area contributed by atoms with Gasteiger partial charge in [0.1, 0.15) is 0 Å². The van der Waals surface area contributed by atoms with Crippen LogP contribution in [0.1, 0.15) is 34.6 Å². The quantitative estimate of drug-likeness (QED) is 0.886. The third kappa shape index (κ3) is 2.79. The molecule has 1 N–H and O–H groups in total. The summed E-state index contributed by atoms with van der Waals surface area (Å²) in [5.41, 5.74) is 3.19. The van der Waals surface area contributed by atoms with E-state index in [1.807, 2.05) is 19.2 Å². The third-order valence-corrected chi connectivity index (χ3v) is 5.38. The first kappa shape index (κ1) is 16.5. The van der Waals surface area contributed by atoms with E-state index in [0.717, 1.165) is 34.3 Å². The van der Waals surface area contributed by atoms with Crippen LogP contribution in [0, 0.1) is 6.92 Å². The Bertz CT molecular complexity index is 763. The number of nitrogens with zero attached hydrogens (tertiary/aromatic N) is 3. The van der Waals surface area contributed by atoms with Crippen LogP contribution in [0.15, 0.2) is 22.8 Å². The van der Waals surface area contributed by atoms with Gasteiger partial charge in [0.05, 0.1) is 5.56 Å². The summed E-state index contributed by atoms with van der Waals surface area (Å²) < 4.78 is 3.07. The van der Waals surface area contributed by atoms with Crippen molar-refractivity contribution in [3.05, 3.63) is 39.6 Å². The van der Waals surface area contributed by atoms with Gasteiger partial charge in [0.15, 0.2) is 0 Å². The van der Waals surface area contributed by atoms with Crippen molar-refractivity contribution in [3.8, 4) is 0 Å². The molecule has 23 heavy (non-hydrogen) atoms. The van der Waals surface area contributed by atoms with E-state index in [1.54, 1.807) is 6.07 Å². The predicted octanol–water partition coefficient (Wildman–Crippen LogP) is 3.02. The molecule has 0 saturated carbocycles. The Labute approximate surface area is 144 Å². The van der Waals surface area contributed by atoms with Crippen LogP contribution < -0.4 is 0 Å². The molecule has 1 unspecified atom stereocenters. The maximum atomic E-state index is 11.6. The number of fused-ring (bicyclic) bond motifs is 1. The van der Waals surface area contributed by atoms with Crippen molar-refractivity contribution in [1.82, 2.24) is 14.2 Å². The second kappa shape index (κ2) is 5.92. The van der Waals surface area contributed by atoms with E-state index >= 15 is 0 Å². The zero-order chi connectivity index (χ0) is 16.9. The second-order valence-electron chi connectivity index (χ2n) is 6.57. The first-order valence-corrected chi connectivity index (χ1v) is 8.53. The zero-order valence-corrected chi connectivity index (χ0v) is 15.5. The van der Waals surface area contributed by atoms with Gasteiger partial charge in [0.25, 0.3) is 0 Å². The molecule has 1 aliphatic heterocycles. The van der Waals surface area contributed by atoms with E-state index in [0.29, 0.717) is 11.6 Å². The lowest BCUT2D eigenvalue weighted by atomic mass is 9.98. The predicted molar refractivity (Wildman–Crippen MR) is 94.3 cm³/mol. The number of likely N-dealkylation sites (N-methyl/N-ethyl adjacent to an activating group) is 1. The second-order valence-corrected chi connectivity index (χ2v) is 7.49. The van der Waals surface area contributed by atoms with Crippen LogP contribution in [0.4, 0.5) is 0 Å². The van der Waals surface area contributed by atoms with Gasteiger partial charge in [-0.2, -0.15) is 0 Å². The molecule has 3 rings (SSSR count). The number of hydrogen-bond acceptors (Lipinski definition) is 3. The van der Waals surface area contributed by atoms with Gasteiger partial charge in [-0.15, -0.1) is 0 Å². The van der Waals surface area contributed by atoms with Crippen LogP contribution in [0.3, 0.4) is 0 Å². The van der Waals surface area contributed by atoms with Gasteiger partial charge in [-0.1, -0.05) is 0 Å². The number of rotatable bonds is 4. The summed E-state index contributed by atoms with van der Waals surface area (Å²) in [5.74, 6) is -0.870. The average Bonchev–Trinajstić information content (AvgIpc) is 2.75. The summed E-state index contributed by atoms with van der Waals surface area (Å²) >= 11 is 3.50. The Morgan fingerprint density at radius 3 is 2.61 bits per heavy atom. The van der Waals surface area contributed by atoms with Gasteiger partial charge in [-0.25, -0.2) is 4.79 Å². The highest BCUT2D eigenvalue weighted by atomic mass is 79.9. The number of likely N-dealkylation sites (tertiary alicyclic amines) is 1. The van der Waals surface area contributed by atoms with Crippen molar-refractivity contribution in [2.75, 3.05) is 27.2 Å². The van der Waals surface area contributed by atoms with Crippen molar-refractivity contribution >= 4 is 27.4 Å². The summed E-state index contributed by atoms with van der Waals surface area (Å²) in [7, 11) is 4.20. The van der Waals surface area contributed by atoms with E-state index in [1.165, 1.54) is 0 Å². The lowest BCUT2D eigenvalue weighted by Crippen LogP contribution is -2.57. The van der Waals surface area contributed by atoms with Crippen LogP contribution in [-0.4, -0.2) is 58.5 Å². The van der Waals surface area contributed by atoms with E-state index in [4.69, 9.17) is 0 Å². The van der Waals surface area contributed by atoms with Gasteiger partial charge >= 0.3 is 5.97 Å². The zero-order valence-electron chi connectivity index (χ0n) is 13.9. The minimum absolute atomic E-state index is 0.173. The Morgan fingerprint density at radius 1 is 1.39 bits per heavy atom. The molecule has 0 bridgehead atoms. The Balaban J connectivity index is 2.05. The van der Waals surface area contributed by atoms with E-state index in [-0.39, 0.29) is 6.04 Å². The molecule has 0 amide bonds. The number of pyridine rings is 1. The molecule has 3 heterocycles. The summed E-state index contributed by atoms with van der Waals surface area (Å²) in [6.07, 6.45) is 2.02. The van der Waals surface area contributed by atoms with Gasteiger partial charge < -0.3 is 14.4 Å². The molecule has 124 valence electrons. The lowest BCUT2D eigenvalue weighted by molar-refractivity contribution is 0.0306. The van der Waals surface area contributed by atoms with Crippen molar-refractivity contribution in [1.29, 1.82) is 0 Å². The number of carbonyl (C=O) groups is 1. The highest BCUT2D eigenvalue weighted by Crippen LogP contribution is 2.32. The minimum atomic E-state index is -0.870. The SMILES string of the molecule is Cc1c(C(=O)O)cc2cc(Br)cn2c1C(C)N1CC(N(C)C)C1. The first-order chi connectivity index (χ1) is 10.8. The number of aromatic carboxylic acids is 1. The molecule has 0 radical (unpaired) electrons. The van der Waals surface area contributed by atoms with Crippen LogP contribution in [0.5, 0.6) is 0 Å². The minimum Gasteiger partial charge on any atom is -0.478 e. The monoisotopic (exact) mass is 379 g/mol. The number of hydrogen-bond donors (Lipinski definition) is 1. The highest BCUT2D eigenvalue weighted by molar-refractivity contribution is 9.10. The maximum absolute atomic E-state index is 11.6. The molecule has 2 aromatic rings. The van der Waals surface area contributed by atoms with Crippen LogP contribution in [-0.2, 0) is 0 Å². The van der Waals surface area contributed by atoms with Crippen molar-refractivity contribution in [3.63, 3.8) is 0 Å². The van der Waals surface area contributed by atoms with E-state index in [9.17, 15) is 9.90 Å². The lowest BCUT2D eigenvalue weighted by Gasteiger charge is -2.46. The molecule has 0 aliphatic carbocycles. The summed E-state index contributed by atoms with van der Waals surface area (Å²) in [5, 5.41) is 9.52. The molecule has 5 nitrogen and oxygen atoms in total. The topological polar surface area (TPSA) is 48.2 Å². The van der Waals surface area contributed by atoms with E-state index < -0.39 is 5.97 Å². The molecule has 1 fully saturated rings. The number of halogens is 1. The number of aromatic nitrogens is 1. The third-order valence-electron chi connectivity index (χ3n) is 4.95. The Hall–Kier alpha value is -1.37. The van der Waals surface area contributed by atoms with Crippen molar-refractivity contribution < 1.29 is 9.90 Å². The fourth-order valence-electron chi connectivity index (χ4n) is 3.38. The Kier molecular flexibility index (Phi) is 4.25. The largest absolute Gasteiger partial charge is 0.478 e. The van der Waals surface area contributed by atoms with Gasteiger partial charge in [-0.05, 0) is 61.6 Å². The fraction of sp³-hybridized carbons (Fsp3) is 0.471. The summed E-state index contributed by atoms with van der Waals surface area (Å²) in [6, 6.07) is 4.46. The molecule has 1 saturated heterocycles. The Morgan fingerprint density at radius 2 is 2.04 bits per heavy atom. The van der Waals surface area contributed by atoms with Crippen LogP contribution in [0.2, 0.25) is 0 Å². The molecular formula is C17H22BrN3O2.